The Kier molecular flexibility index (Phi) is 24.0. The van der Waals surface area contributed by atoms with Crippen molar-refractivity contribution in [2.24, 2.45) is 0 Å². The van der Waals surface area contributed by atoms with E-state index in [0.717, 1.165) is 200 Å². The molecule has 0 atom stereocenters. The summed E-state index contributed by atoms with van der Waals surface area (Å²) < 4.78 is 6.44. The summed E-state index contributed by atoms with van der Waals surface area (Å²) in [6.07, 6.45) is 0. The predicted molar refractivity (Wildman–Crippen MR) is 615 cm³/mol. The lowest BCUT2D eigenvalue weighted by Gasteiger charge is -2.22. The first-order valence-corrected chi connectivity index (χ1v) is 51.1. The molecule has 18 aromatic carbocycles. The van der Waals surface area contributed by atoms with E-state index in [1.807, 2.05) is 6.92 Å². The highest BCUT2D eigenvalue weighted by Crippen LogP contribution is 2.52. The van der Waals surface area contributed by atoms with Crippen molar-refractivity contribution in [2.75, 3.05) is 6.61 Å². The molecule has 0 aliphatic rings. The van der Waals surface area contributed by atoms with E-state index in [-0.39, 0.29) is 57.9 Å². The summed E-state index contributed by atoms with van der Waals surface area (Å²) in [5.41, 5.74) is 42.3. The molecule has 14 heteroatoms. The monoisotopic (exact) mass is 1940 g/mol. The van der Waals surface area contributed by atoms with Crippen molar-refractivity contribution in [3.05, 3.63) is 442 Å². The number of hydrogen-bond donors (Lipinski definition) is 0. The Morgan fingerprint density at radius 2 is 0.273 bits per heavy atom. The average molecular weight is 1940 g/mol. The van der Waals surface area contributed by atoms with Crippen LogP contribution in [-0.2, 0) is 4.74 Å². The number of ether oxygens (including phenoxy) is 1. The molecule has 6 heterocycles. The lowest BCUT2D eigenvalue weighted by atomic mass is 9.93. The van der Waals surface area contributed by atoms with Gasteiger partial charge in [-0.1, -0.05) is 431 Å². The van der Waals surface area contributed by atoms with Gasteiger partial charge in [-0.25, -0.2) is 64.6 Å². The maximum Gasteiger partial charge on any atom is 0.359 e. The van der Waals surface area contributed by atoms with Crippen molar-refractivity contribution in [1.29, 1.82) is 0 Å². The Hall–Kier alpha value is -18.5. The second-order valence-corrected chi connectivity index (χ2v) is 40.0. The first kappa shape index (κ1) is 93.8. The van der Waals surface area contributed by atoms with Gasteiger partial charge in [-0.2, -0.15) is 0 Å². The summed E-state index contributed by atoms with van der Waals surface area (Å²) in [6, 6.07) is 128. The minimum absolute atomic E-state index is 0.0168. The van der Waals surface area contributed by atoms with Gasteiger partial charge in [0.1, 0.15) is 56.9 Å². The molecule has 24 rings (SSSR count). The normalized spacial score (nSPS) is 11.6. The first-order chi connectivity index (χ1) is 73.0. The number of aryl methyl sites for hydroxylation is 13. The lowest BCUT2D eigenvalue weighted by Crippen LogP contribution is -2.13. The molecule has 0 saturated carbocycles. The number of hydrogen-bond acceptors (Lipinski definition) is 14. The van der Waals surface area contributed by atoms with E-state index >= 15 is 4.79 Å². The molecule has 0 N–H and O–H groups in total. The van der Waals surface area contributed by atoms with Gasteiger partial charge in [-0.15, -0.1) is 0 Å². The zero-order valence-corrected chi connectivity index (χ0v) is 86.0. The molecule has 720 valence electrons. The number of carbonyl (C=O) groups excluding carboxylic acids is 1. The molecule has 0 aliphatic heterocycles. The van der Waals surface area contributed by atoms with Crippen LogP contribution in [0, 0.1) is 90.0 Å². The van der Waals surface area contributed by atoms with Crippen LogP contribution in [0.25, 0.3) is 257 Å². The van der Waals surface area contributed by atoms with Crippen LogP contribution in [0.2, 0.25) is 0 Å². The topological polar surface area (TPSA) is 181 Å². The third-order valence-electron chi connectivity index (χ3n) is 29.1. The maximum absolute atomic E-state index is 16.5. The van der Waals surface area contributed by atoms with Crippen LogP contribution in [0.4, 0.5) is 0 Å². The van der Waals surface area contributed by atoms with Crippen LogP contribution in [0.15, 0.2) is 364 Å². The van der Waals surface area contributed by atoms with Gasteiger partial charge in [0.05, 0.1) is 78.5 Å². The molecule has 0 saturated heterocycles. The van der Waals surface area contributed by atoms with Gasteiger partial charge < -0.3 is 4.74 Å². The summed E-state index contributed by atoms with van der Waals surface area (Å²) >= 11 is 0. The number of rotatable bonds is 19. The number of esters is 1. The highest BCUT2D eigenvalue weighted by molar-refractivity contribution is 6.14. The molecule has 0 radical (unpaired) electrons. The van der Waals surface area contributed by atoms with E-state index in [1.54, 1.807) is 6.92 Å². The minimum Gasteiger partial charge on any atom is -0.461 e. The molecule has 150 heavy (non-hydrogen) atoms. The number of carbonyl (C=O) groups is 1. The summed E-state index contributed by atoms with van der Waals surface area (Å²) in [5, 5.41) is 0. The second kappa shape index (κ2) is 38.5. The SMILES string of the molecule is CCOC(=O)c1nc2c(-c3ccc(C)cc3)ccc(-c3ccc(C)cc3)c2nc1-c1nc2c(-c3ccc(C)cc3)ccc(-c3ccc(C)cc3)c2nc1-c1nc2c(-c3ccc(C)cc3)ccc(-c3ccc(C)cc3)c2nc1-c1nc2c(-c3ccc(C)cc3)ccc(-c3ccc(C)cc3)c2nc1-c1nc2c(-c3ccc(C)cc3)ccc(-c3ccc(C)cc3)c2nc1-c1nc2c(-c3ccc(C)cc3)ccc(-c3ccc(C)cc3)c2nc1C. The molecule has 0 spiro atoms. The van der Waals surface area contributed by atoms with Crippen LogP contribution >= 0.6 is 0 Å². The fourth-order valence-corrected chi connectivity index (χ4v) is 20.5. The highest BCUT2D eigenvalue weighted by Gasteiger charge is 2.36. The molecule has 0 fully saturated rings. The van der Waals surface area contributed by atoms with Gasteiger partial charge in [0.15, 0.2) is 5.69 Å². The van der Waals surface area contributed by atoms with E-state index in [0.29, 0.717) is 83.3 Å². The largest absolute Gasteiger partial charge is 0.461 e. The van der Waals surface area contributed by atoms with Crippen molar-refractivity contribution < 1.29 is 9.53 Å². The molecule has 0 unspecified atom stereocenters. The quantitative estimate of drug-likeness (QED) is 0.0697. The standard InChI is InChI=1S/C136H104N12O2/c1-15-150-136(149)135-134(147-124-111(99-60-36-86(12)37-61-99)74-75-112(125(124)148-135)100-62-38-87(13)39-63-100)133-132(145-122-109(97-56-32-84(10)33-57-97)72-73-110(123(122)146-133)98-58-34-85(11)35-59-98)131-130(143-120-107(95-52-28-82(8)29-53-95)70-71-108(121(120)144-131)96-54-30-83(9)31-55-96)129-128(141-118-105(93-48-24-80(6)25-49-93)68-69-106(119(118)142-129)94-50-26-81(7)27-51-94)127-126(139-116-103(91-44-20-78(4)21-45-91)66-67-104(117(116)140-127)92-46-22-79(5)23-47-92)113-88(14)137-114-101(89-40-16-76(2)17-41-89)64-65-102(115(114)138-113)90-42-18-77(3)19-43-90/h16-75H,15H2,1-14H3. The van der Waals surface area contributed by atoms with Gasteiger partial charge in [0, 0.05) is 66.8 Å². The van der Waals surface area contributed by atoms with Crippen molar-refractivity contribution in [3.63, 3.8) is 0 Å². The zero-order chi connectivity index (χ0) is 103. The Morgan fingerprint density at radius 3 is 0.427 bits per heavy atom. The highest BCUT2D eigenvalue weighted by atomic mass is 16.5. The molecular formula is C136H104N12O2. The van der Waals surface area contributed by atoms with Crippen LogP contribution in [0.5, 0.6) is 0 Å². The minimum atomic E-state index is -0.746. The second-order valence-electron chi connectivity index (χ2n) is 40.0. The molecule has 24 aromatic rings. The number of fused-ring (bicyclic) bond motifs is 6. The average Bonchev–Trinajstić information content (AvgIpc) is 0.710. The molecule has 0 amide bonds. The Labute approximate surface area is 871 Å². The molecule has 6 aromatic heterocycles. The van der Waals surface area contributed by atoms with Crippen LogP contribution in [0.1, 0.15) is 89.9 Å². The van der Waals surface area contributed by atoms with E-state index < -0.39 is 5.97 Å². The van der Waals surface area contributed by atoms with Crippen molar-refractivity contribution in [1.82, 2.24) is 59.8 Å². The first-order valence-electron chi connectivity index (χ1n) is 51.1. The van der Waals surface area contributed by atoms with Gasteiger partial charge in [0.2, 0.25) is 0 Å². The predicted octanol–water partition coefficient (Wildman–Crippen LogP) is 33.9. The third-order valence-corrected chi connectivity index (χ3v) is 29.1. The van der Waals surface area contributed by atoms with Crippen molar-refractivity contribution in [3.8, 4) is 190 Å². The van der Waals surface area contributed by atoms with Gasteiger partial charge in [-0.05, 0) is 164 Å². The van der Waals surface area contributed by atoms with Crippen molar-refractivity contribution >= 4 is 72.2 Å². The Bertz CT molecular complexity index is 9560. The summed E-state index contributed by atoms with van der Waals surface area (Å²) in [4.78, 5) is 92.3. The fourth-order valence-electron chi connectivity index (χ4n) is 20.5. The molecule has 14 nitrogen and oxygen atoms in total. The van der Waals surface area contributed by atoms with Crippen LogP contribution in [0.3, 0.4) is 0 Å². The fraction of sp³-hybridized carbons (Fsp3) is 0.110. The van der Waals surface area contributed by atoms with E-state index in [9.17, 15) is 0 Å². The van der Waals surface area contributed by atoms with Gasteiger partial charge in [-0.3, -0.25) is 0 Å². The van der Waals surface area contributed by atoms with Gasteiger partial charge >= 0.3 is 5.97 Å². The third kappa shape index (κ3) is 17.4. The maximum atomic E-state index is 16.5. The summed E-state index contributed by atoms with van der Waals surface area (Å²) in [7, 11) is 0. The van der Waals surface area contributed by atoms with E-state index in [4.69, 9.17) is 64.5 Å². The van der Waals surface area contributed by atoms with Crippen LogP contribution < -0.4 is 0 Å². The number of benzene rings is 18. The summed E-state index contributed by atoms with van der Waals surface area (Å²) in [6.45, 7) is 29.0. The van der Waals surface area contributed by atoms with Gasteiger partial charge in [0.25, 0.3) is 0 Å². The molecule has 0 bridgehead atoms. The lowest BCUT2D eigenvalue weighted by molar-refractivity contribution is 0.0520. The number of aromatic nitrogens is 12. The van der Waals surface area contributed by atoms with Crippen molar-refractivity contribution in [2.45, 2.75) is 96.9 Å². The molecular weight excluding hydrogens is 1830 g/mol. The van der Waals surface area contributed by atoms with E-state index in [2.05, 4.69) is 447 Å². The Balaban J connectivity index is 0.949. The smallest absolute Gasteiger partial charge is 0.359 e. The number of nitrogens with zero attached hydrogens (tertiary/aromatic N) is 12. The zero-order valence-electron chi connectivity index (χ0n) is 86.0. The molecule has 0 aliphatic carbocycles. The van der Waals surface area contributed by atoms with Crippen LogP contribution in [-0.4, -0.2) is 72.4 Å². The van der Waals surface area contributed by atoms with E-state index in [1.165, 1.54) is 0 Å². The Morgan fingerprint density at radius 1 is 0.153 bits per heavy atom. The summed E-state index contributed by atoms with van der Waals surface area (Å²) in [5.74, 6) is -0.746.